The first-order chi connectivity index (χ1) is 11.4. The number of nitrogens with two attached hydrogens (primary N) is 1. The smallest absolute Gasteiger partial charge is 0.236 e. The molecule has 3 atom stereocenters. The van der Waals surface area contributed by atoms with Gasteiger partial charge in [0.05, 0.1) is 0 Å². The summed E-state index contributed by atoms with van der Waals surface area (Å²) in [6, 6.07) is 0. The second kappa shape index (κ2) is 10.2. The molecule has 1 heterocycles. The van der Waals surface area contributed by atoms with Crippen LogP contribution in [0.4, 0.5) is 17.8 Å². The van der Waals surface area contributed by atoms with Crippen LogP contribution < -0.4 is 16.0 Å². The average Bonchev–Trinajstić information content (AvgIpc) is 2.47. The Labute approximate surface area is 143 Å². The van der Waals surface area contributed by atoms with Gasteiger partial charge >= 0.3 is 0 Å². The van der Waals surface area contributed by atoms with Crippen LogP contribution in [0.3, 0.4) is 0 Å². The van der Waals surface area contributed by atoms with Crippen molar-refractivity contribution in [1.29, 1.82) is 0 Å². The van der Waals surface area contributed by atoms with Crippen LogP contribution in [0.2, 0.25) is 0 Å². The van der Waals surface area contributed by atoms with Gasteiger partial charge in [-0.05, 0) is 19.3 Å². The third kappa shape index (κ3) is 6.06. The van der Waals surface area contributed by atoms with Crippen LogP contribution in [0.5, 0.6) is 0 Å². The molecule has 1 rings (SSSR count). The van der Waals surface area contributed by atoms with Crippen molar-refractivity contribution in [3.63, 3.8) is 0 Å². The Kier molecular flexibility index (Phi) is 8.66. The number of nitrogens with zero attached hydrogens (tertiary/aromatic N) is 4. The second-order valence-electron chi connectivity index (χ2n) is 5.71. The van der Waals surface area contributed by atoms with Gasteiger partial charge in [-0.2, -0.15) is 15.0 Å². The predicted molar refractivity (Wildman–Crippen MR) is 93.1 cm³/mol. The molecule has 0 aliphatic heterocycles. The number of hydrogen-bond donors (Lipinski definition) is 5. The van der Waals surface area contributed by atoms with Crippen LogP contribution in [-0.2, 0) is 0 Å². The van der Waals surface area contributed by atoms with Crippen LogP contribution in [0, 0.1) is 0 Å². The van der Waals surface area contributed by atoms with E-state index in [9.17, 15) is 15.3 Å². The Bertz CT molecular complexity index is 478. The molecule has 0 bridgehead atoms. The molecule has 3 unspecified atom stereocenters. The number of aromatic nitrogens is 3. The molecule has 9 heteroatoms. The van der Waals surface area contributed by atoms with E-state index in [0.29, 0.717) is 19.3 Å². The van der Waals surface area contributed by atoms with Gasteiger partial charge in [-0.1, -0.05) is 40.0 Å². The zero-order chi connectivity index (χ0) is 18.1. The summed E-state index contributed by atoms with van der Waals surface area (Å²) in [6.07, 6.45) is 1.01. The fourth-order valence-corrected chi connectivity index (χ4v) is 2.32. The lowest BCUT2D eigenvalue weighted by Crippen LogP contribution is -2.44. The van der Waals surface area contributed by atoms with Gasteiger partial charge in [-0.15, -0.1) is 0 Å². The van der Waals surface area contributed by atoms with E-state index in [0.717, 1.165) is 19.3 Å². The molecular weight excluding hydrogens is 312 g/mol. The van der Waals surface area contributed by atoms with Crippen molar-refractivity contribution in [1.82, 2.24) is 15.0 Å². The van der Waals surface area contributed by atoms with Crippen molar-refractivity contribution < 1.29 is 15.3 Å². The van der Waals surface area contributed by atoms with Gasteiger partial charge < -0.3 is 26.4 Å². The van der Waals surface area contributed by atoms with Gasteiger partial charge in [-0.3, -0.25) is 4.90 Å². The van der Waals surface area contributed by atoms with Crippen LogP contribution >= 0.6 is 0 Å². The Morgan fingerprint density at radius 1 is 0.917 bits per heavy atom. The zero-order valence-electron chi connectivity index (χ0n) is 14.7. The molecule has 0 spiro atoms. The maximum absolute atomic E-state index is 10.4. The van der Waals surface area contributed by atoms with E-state index in [1.54, 1.807) is 0 Å². The van der Waals surface area contributed by atoms with Crippen molar-refractivity contribution in [2.45, 2.75) is 78.0 Å². The molecule has 0 saturated carbocycles. The highest BCUT2D eigenvalue weighted by Gasteiger charge is 2.26. The predicted octanol–water partition coefficient (Wildman–Crippen LogP) is 1.03. The highest BCUT2D eigenvalue weighted by Crippen LogP contribution is 2.21. The molecule has 9 nitrogen and oxygen atoms in total. The molecule has 138 valence electrons. The van der Waals surface area contributed by atoms with Crippen LogP contribution in [-0.4, -0.2) is 49.0 Å². The lowest BCUT2D eigenvalue weighted by atomic mass is 10.2. The van der Waals surface area contributed by atoms with Gasteiger partial charge in [-0.25, -0.2) is 0 Å². The molecule has 0 radical (unpaired) electrons. The van der Waals surface area contributed by atoms with Gasteiger partial charge in [0.1, 0.15) is 18.7 Å². The molecular formula is C15H30N6O3. The molecule has 0 amide bonds. The maximum atomic E-state index is 10.4. The summed E-state index contributed by atoms with van der Waals surface area (Å²) < 4.78 is 0. The molecule has 0 aliphatic rings. The van der Waals surface area contributed by atoms with Crippen molar-refractivity contribution in [3.8, 4) is 0 Å². The van der Waals surface area contributed by atoms with E-state index in [4.69, 9.17) is 5.73 Å². The summed E-state index contributed by atoms with van der Waals surface area (Å²) in [5, 5.41) is 33.3. The van der Waals surface area contributed by atoms with E-state index in [1.807, 2.05) is 20.8 Å². The summed E-state index contributed by atoms with van der Waals surface area (Å²) >= 11 is 0. The molecule has 1 aromatic rings. The summed E-state index contributed by atoms with van der Waals surface area (Å²) in [6.45, 7) is 5.81. The van der Waals surface area contributed by atoms with E-state index in [-0.39, 0.29) is 17.8 Å². The first-order valence-electron chi connectivity index (χ1n) is 8.53. The Morgan fingerprint density at radius 2 is 1.46 bits per heavy atom. The monoisotopic (exact) mass is 342 g/mol. The lowest BCUT2D eigenvalue weighted by molar-refractivity contribution is 0.0716. The minimum Gasteiger partial charge on any atom is -0.374 e. The maximum Gasteiger partial charge on any atom is 0.236 e. The normalized spacial score (nSPS) is 14.9. The average molecular weight is 342 g/mol. The highest BCUT2D eigenvalue weighted by molar-refractivity contribution is 5.42. The topological polar surface area (TPSA) is 141 Å². The Morgan fingerprint density at radius 3 is 1.96 bits per heavy atom. The molecule has 0 fully saturated rings. The lowest BCUT2D eigenvalue weighted by Gasteiger charge is -2.32. The number of hydrogen-bond acceptors (Lipinski definition) is 9. The van der Waals surface area contributed by atoms with Crippen LogP contribution in [0.1, 0.15) is 59.3 Å². The van der Waals surface area contributed by atoms with Crippen LogP contribution in [0.25, 0.3) is 0 Å². The van der Waals surface area contributed by atoms with Crippen molar-refractivity contribution in [2.75, 3.05) is 16.0 Å². The fraction of sp³-hybridized carbons (Fsp3) is 0.800. The summed E-state index contributed by atoms with van der Waals surface area (Å²) in [7, 11) is 0. The van der Waals surface area contributed by atoms with Gasteiger partial charge in [0, 0.05) is 0 Å². The second-order valence-corrected chi connectivity index (χ2v) is 5.71. The number of rotatable bonds is 11. The summed E-state index contributed by atoms with van der Waals surface area (Å²) in [5.41, 5.74) is 5.72. The molecule has 0 aliphatic carbocycles. The third-order valence-corrected chi connectivity index (χ3v) is 3.47. The quantitative estimate of drug-likeness (QED) is 0.373. The van der Waals surface area contributed by atoms with E-state index in [1.165, 1.54) is 4.90 Å². The third-order valence-electron chi connectivity index (χ3n) is 3.47. The molecule has 6 N–H and O–H groups in total. The Balaban J connectivity index is 3.09. The standard InChI is InChI=1S/C15H30N6O3/c1-4-7-10(22)17-14-18-13(16)19-15(20-14)21(11(23)8-5-2)12(24)9-6-3/h10-12,22-24H,4-9H2,1-3H3,(H3,16,17,18,19,20). The molecule has 0 saturated heterocycles. The largest absolute Gasteiger partial charge is 0.374 e. The number of nitrogens with one attached hydrogen (secondary N) is 1. The molecule has 1 aromatic heterocycles. The van der Waals surface area contributed by atoms with Crippen molar-refractivity contribution in [2.24, 2.45) is 0 Å². The van der Waals surface area contributed by atoms with E-state index >= 15 is 0 Å². The van der Waals surface area contributed by atoms with Gasteiger partial charge in [0.2, 0.25) is 17.8 Å². The van der Waals surface area contributed by atoms with Gasteiger partial charge in [0.15, 0.2) is 0 Å². The molecule has 0 aromatic carbocycles. The number of aliphatic hydroxyl groups is 3. The van der Waals surface area contributed by atoms with E-state index in [2.05, 4.69) is 20.3 Å². The van der Waals surface area contributed by atoms with Gasteiger partial charge in [0.25, 0.3) is 0 Å². The Hall–Kier alpha value is -1.71. The number of anilines is 3. The van der Waals surface area contributed by atoms with Crippen molar-refractivity contribution >= 4 is 17.8 Å². The van der Waals surface area contributed by atoms with E-state index < -0.39 is 18.7 Å². The zero-order valence-corrected chi connectivity index (χ0v) is 14.7. The van der Waals surface area contributed by atoms with Crippen molar-refractivity contribution in [3.05, 3.63) is 0 Å². The summed E-state index contributed by atoms with van der Waals surface area (Å²) in [4.78, 5) is 13.5. The minimum absolute atomic E-state index is 0.0522. The SMILES string of the molecule is CCCC(O)Nc1nc(N)nc(N(C(O)CCC)C(O)CCC)n1. The highest BCUT2D eigenvalue weighted by atomic mass is 16.3. The fourth-order valence-electron chi connectivity index (χ4n) is 2.32. The summed E-state index contributed by atoms with van der Waals surface area (Å²) in [5.74, 6) is 0.134. The first-order valence-corrected chi connectivity index (χ1v) is 8.53. The van der Waals surface area contributed by atoms with Crippen LogP contribution in [0.15, 0.2) is 0 Å². The number of aliphatic hydroxyl groups excluding tert-OH is 3. The first kappa shape index (κ1) is 20.3. The minimum atomic E-state index is -0.938. The number of nitrogen functional groups attached to an aromatic ring is 1. The molecule has 24 heavy (non-hydrogen) atoms.